The molecule has 1 heterocycles. The van der Waals surface area contributed by atoms with E-state index in [1.54, 1.807) is 42.5 Å². The number of thiocarbonyl (C=S) groups is 1. The number of thioether (sulfide) groups is 1. The molecule has 8 nitrogen and oxygen atoms in total. The highest BCUT2D eigenvalue weighted by Crippen LogP contribution is 2.39. The number of methoxy groups -OCH3 is 1. The van der Waals surface area contributed by atoms with E-state index in [0.29, 0.717) is 41.5 Å². The maximum absolute atomic E-state index is 12.6. The highest BCUT2D eigenvalue weighted by atomic mass is 79.9. The number of anilines is 1. The molecule has 2 aromatic carbocycles. The number of rotatable bonds is 9. The maximum atomic E-state index is 12.6. The Bertz CT molecular complexity index is 1190. The smallest absolute Gasteiger partial charge is 0.305 e. The molecule has 2 N–H and O–H groups in total. The van der Waals surface area contributed by atoms with Crippen molar-refractivity contribution >= 4 is 85.4 Å². The predicted molar refractivity (Wildman–Crippen MR) is 138 cm³/mol. The number of halogens is 2. The van der Waals surface area contributed by atoms with Crippen LogP contribution in [0.25, 0.3) is 6.08 Å². The highest BCUT2D eigenvalue weighted by Gasteiger charge is 2.32. The zero-order chi connectivity index (χ0) is 24.8. The number of carboxylic acids is 1. The van der Waals surface area contributed by atoms with Crippen molar-refractivity contribution < 1.29 is 29.0 Å². The minimum Gasteiger partial charge on any atom is -0.493 e. The Hall–Kier alpha value is -2.60. The first-order valence-electron chi connectivity index (χ1n) is 9.71. The van der Waals surface area contributed by atoms with E-state index in [-0.39, 0.29) is 25.5 Å². The van der Waals surface area contributed by atoms with Crippen LogP contribution >= 0.6 is 51.5 Å². The first-order valence-corrected chi connectivity index (χ1v) is 12.1. The summed E-state index contributed by atoms with van der Waals surface area (Å²) in [4.78, 5) is 37.4. The molecule has 1 saturated heterocycles. The summed E-state index contributed by atoms with van der Waals surface area (Å²) in [7, 11) is 1.45. The van der Waals surface area contributed by atoms with E-state index >= 15 is 0 Å². The van der Waals surface area contributed by atoms with Crippen molar-refractivity contribution in [3.8, 4) is 11.5 Å². The molecule has 34 heavy (non-hydrogen) atoms. The minimum atomic E-state index is -1.01. The van der Waals surface area contributed by atoms with E-state index in [1.807, 2.05) is 0 Å². The fraction of sp³-hybridized carbons (Fsp3) is 0.182. The number of nitrogens with zero attached hydrogens (tertiary/aromatic N) is 1. The van der Waals surface area contributed by atoms with E-state index in [1.165, 1.54) is 12.0 Å². The van der Waals surface area contributed by atoms with E-state index in [4.69, 9.17) is 38.4 Å². The fourth-order valence-electron chi connectivity index (χ4n) is 2.90. The number of para-hydroxylation sites is 1. The summed E-state index contributed by atoms with van der Waals surface area (Å²) in [6.45, 7) is -0.283. The summed E-state index contributed by atoms with van der Waals surface area (Å²) in [5.41, 5.74) is 1.09. The lowest BCUT2D eigenvalue weighted by atomic mass is 10.2. The second-order valence-corrected chi connectivity index (χ2v) is 9.77. The summed E-state index contributed by atoms with van der Waals surface area (Å²) in [6, 6.07) is 10.2. The molecular formula is C22H18BrClN2O6S2. The highest BCUT2D eigenvalue weighted by molar-refractivity contribution is 9.10. The normalized spacial score (nSPS) is 14.4. The molecule has 0 spiro atoms. The van der Waals surface area contributed by atoms with Crippen molar-refractivity contribution in [2.75, 3.05) is 25.6 Å². The number of amides is 2. The van der Waals surface area contributed by atoms with Crippen LogP contribution in [0.5, 0.6) is 11.5 Å². The first kappa shape index (κ1) is 26.0. The van der Waals surface area contributed by atoms with Crippen LogP contribution in [-0.4, -0.2) is 52.4 Å². The maximum Gasteiger partial charge on any atom is 0.305 e. The number of carbonyl (C=O) groups excluding carboxylic acids is 2. The molecule has 0 bridgehead atoms. The van der Waals surface area contributed by atoms with Gasteiger partial charge >= 0.3 is 5.97 Å². The minimum absolute atomic E-state index is 0.00733. The number of ether oxygens (including phenoxy) is 2. The van der Waals surface area contributed by atoms with Crippen molar-refractivity contribution in [2.24, 2.45) is 0 Å². The van der Waals surface area contributed by atoms with Gasteiger partial charge in [-0.15, -0.1) is 0 Å². The SMILES string of the molecule is COc1cc(/C=C2\SC(=S)N(CCC(=O)O)C2=O)cc(Br)c1OCC(=O)Nc1ccccc1Cl. The topological polar surface area (TPSA) is 105 Å². The van der Waals surface area contributed by atoms with Crippen LogP contribution in [0.1, 0.15) is 12.0 Å². The Morgan fingerprint density at radius 3 is 2.74 bits per heavy atom. The number of carboxylic acid groups (broad SMARTS) is 1. The third-order valence-electron chi connectivity index (χ3n) is 4.47. The van der Waals surface area contributed by atoms with Gasteiger partial charge in [-0.1, -0.05) is 47.7 Å². The Labute approximate surface area is 218 Å². The molecule has 1 aliphatic heterocycles. The van der Waals surface area contributed by atoms with Crippen molar-refractivity contribution in [1.29, 1.82) is 0 Å². The van der Waals surface area contributed by atoms with Gasteiger partial charge in [0.15, 0.2) is 18.1 Å². The van der Waals surface area contributed by atoms with E-state index < -0.39 is 11.9 Å². The Balaban J connectivity index is 1.73. The van der Waals surface area contributed by atoms with Gasteiger partial charge in [0.2, 0.25) is 0 Å². The average molecular weight is 586 g/mol. The van der Waals surface area contributed by atoms with Crippen LogP contribution in [0.2, 0.25) is 5.02 Å². The Morgan fingerprint density at radius 2 is 2.06 bits per heavy atom. The largest absolute Gasteiger partial charge is 0.493 e. The molecular weight excluding hydrogens is 568 g/mol. The Kier molecular flexibility index (Phi) is 8.95. The van der Waals surface area contributed by atoms with Crippen LogP contribution in [-0.2, 0) is 14.4 Å². The van der Waals surface area contributed by atoms with Gasteiger partial charge in [0, 0.05) is 6.54 Å². The molecule has 0 atom stereocenters. The molecule has 0 aliphatic carbocycles. The molecule has 0 radical (unpaired) electrons. The van der Waals surface area contributed by atoms with Gasteiger partial charge in [0.1, 0.15) is 4.32 Å². The van der Waals surface area contributed by atoms with Crippen molar-refractivity contribution in [2.45, 2.75) is 6.42 Å². The van der Waals surface area contributed by atoms with Gasteiger partial charge < -0.3 is 19.9 Å². The lowest BCUT2D eigenvalue weighted by Gasteiger charge is -2.14. The molecule has 1 aliphatic rings. The average Bonchev–Trinajstić information content (AvgIpc) is 3.04. The van der Waals surface area contributed by atoms with E-state index in [0.717, 1.165) is 11.8 Å². The summed E-state index contributed by atoms with van der Waals surface area (Å²) in [6.07, 6.45) is 1.43. The summed E-state index contributed by atoms with van der Waals surface area (Å²) in [5, 5.41) is 11.9. The van der Waals surface area contributed by atoms with Gasteiger partial charge in [-0.3, -0.25) is 19.3 Å². The number of aliphatic carboxylic acids is 1. The number of hydrogen-bond acceptors (Lipinski definition) is 7. The lowest BCUT2D eigenvalue weighted by molar-refractivity contribution is -0.137. The first-order chi connectivity index (χ1) is 16.2. The molecule has 1 fully saturated rings. The van der Waals surface area contributed by atoms with Crippen LogP contribution in [0.15, 0.2) is 45.8 Å². The van der Waals surface area contributed by atoms with Crippen molar-refractivity contribution in [3.63, 3.8) is 0 Å². The standard InChI is InChI=1S/C22H18BrClN2O6S2/c1-31-16-9-12(10-17-21(30)26(22(33)34-17)7-6-19(28)29)8-13(23)20(16)32-11-18(27)25-15-5-3-2-4-14(15)24/h2-5,8-10H,6-7,11H2,1H3,(H,25,27)(H,28,29)/b17-10-. The third-order valence-corrected chi connectivity index (χ3v) is 6.76. The molecule has 12 heteroatoms. The lowest BCUT2D eigenvalue weighted by Crippen LogP contribution is -2.30. The van der Waals surface area contributed by atoms with E-state index in [2.05, 4.69) is 21.2 Å². The quantitative estimate of drug-likeness (QED) is 0.319. The predicted octanol–water partition coefficient (Wildman–Crippen LogP) is 4.80. The number of hydrogen-bond donors (Lipinski definition) is 2. The van der Waals surface area contributed by atoms with Crippen LogP contribution in [0.3, 0.4) is 0 Å². The monoisotopic (exact) mass is 584 g/mol. The van der Waals surface area contributed by atoms with Gasteiger partial charge in [0.25, 0.3) is 11.8 Å². The molecule has 3 rings (SSSR count). The summed E-state index contributed by atoms with van der Waals surface area (Å²) >= 11 is 15.8. The zero-order valence-corrected chi connectivity index (χ0v) is 21.6. The Morgan fingerprint density at radius 1 is 1.32 bits per heavy atom. The van der Waals surface area contributed by atoms with Crippen LogP contribution in [0.4, 0.5) is 5.69 Å². The zero-order valence-electron chi connectivity index (χ0n) is 17.7. The van der Waals surface area contributed by atoms with Gasteiger partial charge in [-0.25, -0.2) is 0 Å². The molecule has 178 valence electrons. The number of benzene rings is 2. The molecule has 0 aromatic heterocycles. The molecule has 0 saturated carbocycles. The number of carbonyl (C=O) groups is 3. The summed E-state index contributed by atoms with van der Waals surface area (Å²) < 4.78 is 11.9. The molecule has 2 aromatic rings. The number of nitrogens with one attached hydrogen (secondary N) is 1. The fourth-order valence-corrected chi connectivity index (χ4v) is 4.97. The van der Waals surface area contributed by atoms with Crippen molar-refractivity contribution in [3.05, 3.63) is 56.4 Å². The summed E-state index contributed by atoms with van der Waals surface area (Å²) in [5.74, 6) is -1.13. The second kappa shape index (κ2) is 11.7. The van der Waals surface area contributed by atoms with Crippen LogP contribution < -0.4 is 14.8 Å². The van der Waals surface area contributed by atoms with Gasteiger partial charge in [0.05, 0.1) is 33.6 Å². The second-order valence-electron chi connectivity index (χ2n) is 6.83. The van der Waals surface area contributed by atoms with E-state index in [9.17, 15) is 14.4 Å². The van der Waals surface area contributed by atoms with Crippen molar-refractivity contribution in [1.82, 2.24) is 4.90 Å². The molecule has 2 amide bonds. The van der Waals surface area contributed by atoms with Gasteiger partial charge in [-0.05, 0) is 51.8 Å². The molecule has 0 unspecified atom stereocenters. The third kappa shape index (κ3) is 6.50. The van der Waals surface area contributed by atoms with Gasteiger partial charge in [-0.2, -0.15) is 0 Å². The van der Waals surface area contributed by atoms with Crippen LogP contribution in [0, 0.1) is 0 Å².